The highest BCUT2D eigenvalue weighted by Crippen LogP contribution is 2.10. The zero-order valence-corrected chi connectivity index (χ0v) is 9.51. The fourth-order valence-corrected chi connectivity index (χ4v) is 1.97. The molecule has 0 aliphatic rings. The van der Waals surface area contributed by atoms with Crippen molar-refractivity contribution in [3.05, 3.63) is 35.9 Å². The van der Waals surface area contributed by atoms with E-state index in [1.807, 2.05) is 30.3 Å². The third kappa shape index (κ3) is 4.60. The average molecular weight is 236 g/mol. The monoisotopic (exact) mass is 235 g/mol. The molecule has 0 heterocycles. The summed E-state index contributed by atoms with van der Waals surface area (Å²) in [5.74, 6) is -0.00296. The van der Waals surface area contributed by atoms with Crippen molar-refractivity contribution in [2.45, 2.75) is 6.04 Å². The molecule has 0 saturated carbocycles. The van der Waals surface area contributed by atoms with Crippen LogP contribution in [0.3, 0.4) is 0 Å². The second-order valence-corrected chi connectivity index (χ2v) is 5.29. The van der Waals surface area contributed by atoms with Gasteiger partial charge in [0.25, 0.3) is 0 Å². The Morgan fingerprint density at radius 2 is 1.79 bits per heavy atom. The van der Waals surface area contributed by atoms with Crippen LogP contribution in [0.15, 0.2) is 30.3 Å². The summed E-state index contributed by atoms with van der Waals surface area (Å²) in [6.07, 6.45) is 1.19. The lowest BCUT2D eigenvalue weighted by Gasteiger charge is -2.09. The zero-order chi connectivity index (χ0) is 9.90. The van der Waals surface area contributed by atoms with Gasteiger partial charge in [0.1, 0.15) is 9.84 Å². The van der Waals surface area contributed by atoms with E-state index in [1.165, 1.54) is 6.26 Å². The molecular weight excluding hydrogens is 222 g/mol. The minimum absolute atomic E-state index is 0. The van der Waals surface area contributed by atoms with Crippen LogP contribution in [-0.4, -0.2) is 20.4 Å². The second-order valence-electron chi connectivity index (χ2n) is 3.11. The van der Waals surface area contributed by atoms with E-state index in [1.54, 1.807) is 0 Å². The highest BCUT2D eigenvalue weighted by Gasteiger charge is 2.11. The van der Waals surface area contributed by atoms with Crippen LogP contribution in [0.2, 0.25) is 0 Å². The molecule has 0 amide bonds. The number of halogens is 1. The van der Waals surface area contributed by atoms with Crippen LogP contribution >= 0.6 is 12.4 Å². The normalized spacial score (nSPS) is 13.0. The molecule has 0 radical (unpaired) electrons. The molecule has 0 bridgehead atoms. The minimum Gasteiger partial charge on any atom is -0.323 e. The first-order valence-electron chi connectivity index (χ1n) is 3.97. The van der Waals surface area contributed by atoms with Crippen LogP contribution in [0.5, 0.6) is 0 Å². The van der Waals surface area contributed by atoms with Gasteiger partial charge in [0, 0.05) is 12.3 Å². The van der Waals surface area contributed by atoms with Crippen molar-refractivity contribution in [2.24, 2.45) is 5.73 Å². The smallest absolute Gasteiger partial charge is 0.149 e. The molecule has 1 aromatic rings. The van der Waals surface area contributed by atoms with Gasteiger partial charge < -0.3 is 5.73 Å². The average Bonchev–Trinajstić information content (AvgIpc) is 2.03. The highest BCUT2D eigenvalue weighted by molar-refractivity contribution is 7.90. The molecule has 2 N–H and O–H groups in total. The molecule has 1 aromatic carbocycles. The zero-order valence-electron chi connectivity index (χ0n) is 7.88. The van der Waals surface area contributed by atoms with Gasteiger partial charge in [0.15, 0.2) is 0 Å². The highest BCUT2D eigenvalue weighted by atomic mass is 35.5. The molecule has 0 aliphatic carbocycles. The van der Waals surface area contributed by atoms with Crippen LogP contribution in [0.25, 0.3) is 0 Å². The molecule has 1 rings (SSSR count). The van der Waals surface area contributed by atoms with E-state index in [0.717, 1.165) is 5.56 Å². The summed E-state index contributed by atoms with van der Waals surface area (Å²) < 4.78 is 21.9. The Balaban J connectivity index is 0.00000169. The van der Waals surface area contributed by atoms with Crippen LogP contribution in [0.1, 0.15) is 11.6 Å². The van der Waals surface area contributed by atoms with Crippen LogP contribution in [-0.2, 0) is 9.84 Å². The van der Waals surface area contributed by atoms with E-state index in [9.17, 15) is 8.42 Å². The lowest BCUT2D eigenvalue weighted by atomic mass is 10.1. The Morgan fingerprint density at radius 3 is 2.21 bits per heavy atom. The lowest BCUT2D eigenvalue weighted by Crippen LogP contribution is -2.20. The summed E-state index contributed by atoms with van der Waals surface area (Å²) in [5.41, 5.74) is 6.56. The van der Waals surface area contributed by atoms with Crippen molar-refractivity contribution in [3.8, 4) is 0 Å². The van der Waals surface area contributed by atoms with Gasteiger partial charge in [0.2, 0.25) is 0 Å². The van der Waals surface area contributed by atoms with E-state index in [2.05, 4.69) is 0 Å². The molecule has 14 heavy (non-hydrogen) atoms. The van der Waals surface area contributed by atoms with Gasteiger partial charge in [-0.05, 0) is 5.56 Å². The van der Waals surface area contributed by atoms with E-state index in [-0.39, 0.29) is 18.2 Å². The Hall–Kier alpha value is -0.580. The third-order valence-corrected chi connectivity index (χ3v) is 2.67. The van der Waals surface area contributed by atoms with Crippen molar-refractivity contribution in [3.63, 3.8) is 0 Å². The summed E-state index contributed by atoms with van der Waals surface area (Å²) in [6.45, 7) is 0. The van der Waals surface area contributed by atoms with Crippen molar-refractivity contribution >= 4 is 22.2 Å². The Morgan fingerprint density at radius 1 is 1.29 bits per heavy atom. The van der Waals surface area contributed by atoms with Crippen LogP contribution in [0, 0.1) is 0 Å². The van der Waals surface area contributed by atoms with Crippen LogP contribution < -0.4 is 5.73 Å². The van der Waals surface area contributed by atoms with E-state index >= 15 is 0 Å². The summed E-state index contributed by atoms with van der Waals surface area (Å²) in [4.78, 5) is 0. The van der Waals surface area contributed by atoms with Gasteiger partial charge in [-0.1, -0.05) is 30.3 Å². The Kier molecular flexibility index (Phi) is 5.12. The number of sulfone groups is 1. The summed E-state index contributed by atoms with van der Waals surface area (Å²) in [5, 5.41) is 0. The molecule has 0 spiro atoms. The maximum Gasteiger partial charge on any atom is 0.149 e. The lowest BCUT2D eigenvalue weighted by molar-refractivity contribution is 0.595. The second kappa shape index (κ2) is 5.34. The van der Waals surface area contributed by atoms with Gasteiger partial charge in [-0.15, -0.1) is 12.4 Å². The van der Waals surface area contributed by atoms with Crippen molar-refractivity contribution in [1.82, 2.24) is 0 Å². The first-order valence-corrected chi connectivity index (χ1v) is 6.03. The fraction of sp³-hybridized carbons (Fsp3) is 0.333. The number of nitrogens with two attached hydrogens (primary N) is 1. The number of benzene rings is 1. The first-order chi connectivity index (χ1) is 5.99. The topological polar surface area (TPSA) is 60.2 Å². The van der Waals surface area contributed by atoms with E-state index in [4.69, 9.17) is 5.73 Å². The van der Waals surface area contributed by atoms with E-state index in [0.29, 0.717) is 0 Å². The van der Waals surface area contributed by atoms with E-state index < -0.39 is 15.9 Å². The van der Waals surface area contributed by atoms with Crippen molar-refractivity contribution < 1.29 is 8.42 Å². The molecule has 80 valence electrons. The summed E-state index contributed by atoms with van der Waals surface area (Å²) in [7, 11) is -3.00. The number of rotatable bonds is 3. The molecule has 0 saturated heterocycles. The van der Waals surface area contributed by atoms with Gasteiger partial charge in [-0.2, -0.15) is 0 Å². The number of hydrogen-bond acceptors (Lipinski definition) is 3. The van der Waals surface area contributed by atoms with Gasteiger partial charge in [-0.3, -0.25) is 0 Å². The first kappa shape index (κ1) is 13.4. The maximum atomic E-state index is 10.9. The molecular formula is C9H14ClNO2S. The van der Waals surface area contributed by atoms with Crippen LogP contribution in [0.4, 0.5) is 0 Å². The standard InChI is InChI=1S/C9H13NO2S.ClH/c1-13(11,12)7-9(10)8-5-3-2-4-6-8;/h2-6,9H,7,10H2,1H3;1H. The van der Waals surface area contributed by atoms with Crippen molar-refractivity contribution in [2.75, 3.05) is 12.0 Å². The van der Waals surface area contributed by atoms with Gasteiger partial charge >= 0.3 is 0 Å². The summed E-state index contributed by atoms with van der Waals surface area (Å²) in [6, 6.07) is 8.80. The molecule has 0 fully saturated rings. The fourth-order valence-electron chi connectivity index (χ4n) is 1.12. The minimum atomic E-state index is -3.00. The summed E-state index contributed by atoms with van der Waals surface area (Å²) >= 11 is 0. The predicted molar refractivity (Wildman–Crippen MR) is 60.3 cm³/mol. The third-order valence-electron chi connectivity index (χ3n) is 1.71. The quantitative estimate of drug-likeness (QED) is 0.855. The number of hydrogen-bond donors (Lipinski definition) is 1. The Labute approximate surface area is 90.6 Å². The Bertz CT molecular complexity index is 364. The molecule has 5 heteroatoms. The molecule has 0 aromatic heterocycles. The largest absolute Gasteiger partial charge is 0.323 e. The van der Waals surface area contributed by atoms with Crippen molar-refractivity contribution in [1.29, 1.82) is 0 Å². The SMILES string of the molecule is CS(=O)(=O)CC(N)c1ccccc1.Cl. The predicted octanol–water partition coefficient (Wildman–Crippen LogP) is 1.15. The maximum absolute atomic E-state index is 10.9. The molecule has 3 nitrogen and oxygen atoms in total. The molecule has 1 atom stereocenters. The van der Waals surface area contributed by atoms with Gasteiger partial charge in [0.05, 0.1) is 5.75 Å². The molecule has 1 unspecified atom stereocenters. The molecule has 0 aliphatic heterocycles. The van der Waals surface area contributed by atoms with Gasteiger partial charge in [-0.25, -0.2) is 8.42 Å².